The summed E-state index contributed by atoms with van der Waals surface area (Å²) >= 11 is 0. The Bertz CT molecular complexity index is 322. The first-order valence-corrected chi connectivity index (χ1v) is 6.34. The summed E-state index contributed by atoms with van der Waals surface area (Å²) in [6.45, 7) is 5.91. The molecule has 3 heteroatoms. The zero-order chi connectivity index (χ0) is 11.0. The van der Waals surface area contributed by atoms with Crippen LogP contribution in [-0.4, -0.2) is 30.6 Å². The molecule has 0 aliphatic carbocycles. The molecule has 2 saturated heterocycles. The largest absolute Gasteiger partial charge is 0.472 e. The molecule has 3 atom stereocenters. The molecule has 88 valence electrons. The first-order chi connectivity index (χ1) is 7.84. The van der Waals surface area contributed by atoms with Crippen molar-refractivity contribution in [1.29, 1.82) is 0 Å². The van der Waals surface area contributed by atoms with Crippen LogP contribution >= 0.6 is 0 Å². The second-order valence-electron chi connectivity index (χ2n) is 5.15. The van der Waals surface area contributed by atoms with E-state index in [1.807, 2.05) is 6.26 Å². The molecule has 2 aliphatic heterocycles. The van der Waals surface area contributed by atoms with Crippen molar-refractivity contribution in [3.05, 3.63) is 24.2 Å². The summed E-state index contributed by atoms with van der Waals surface area (Å²) in [5.74, 6) is 0.864. The van der Waals surface area contributed by atoms with Crippen molar-refractivity contribution < 1.29 is 4.42 Å². The SMILES string of the molecule is CC(c1ccoc1)N1CC2CCCNC2C1. The van der Waals surface area contributed by atoms with Gasteiger partial charge in [-0.25, -0.2) is 0 Å². The quantitative estimate of drug-likeness (QED) is 0.826. The summed E-state index contributed by atoms with van der Waals surface area (Å²) in [6, 6.07) is 3.30. The fourth-order valence-electron chi connectivity index (χ4n) is 3.12. The summed E-state index contributed by atoms with van der Waals surface area (Å²) in [5, 5.41) is 3.65. The molecular formula is C13H20N2O. The van der Waals surface area contributed by atoms with E-state index in [2.05, 4.69) is 23.2 Å². The van der Waals surface area contributed by atoms with Crippen molar-refractivity contribution in [2.24, 2.45) is 5.92 Å². The van der Waals surface area contributed by atoms with Crippen molar-refractivity contribution in [1.82, 2.24) is 10.2 Å². The minimum atomic E-state index is 0.492. The minimum Gasteiger partial charge on any atom is -0.472 e. The van der Waals surface area contributed by atoms with E-state index >= 15 is 0 Å². The molecule has 0 spiro atoms. The lowest BCUT2D eigenvalue weighted by Gasteiger charge is -2.25. The lowest BCUT2D eigenvalue weighted by molar-refractivity contribution is 0.250. The second-order valence-corrected chi connectivity index (χ2v) is 5.15. The summed E-state index contributed by atoms with van der Waals surface area (Å²) < 4.78 is 5.17. The third-order valence-electron chi connectivity index (χ3n) is 4.20. The van der Waals surface area contributed by atoms with Crippen molar-refractivity contribution in [2.75, 3.05) is 19.6 Å². The topological polar surface area (TPSA) is 28.4 Å². The highest BCUT2D eigenvalue weighted by Gasteiger charge is 2.36. The Morgan fingerprint density at radius 3 is 3.19 bits per heavy atom. The van der Waals surface area contributed by atoms with Crippen molar-refractivity contribution >= 4 is 0 Å². The normalized spacial score (nSPS) is 32.6. The van der Waals surface area contributed by atoms with Crippen LogP contribution in [0.3, 0.4) is 0 Å². The number of nitrogens with one attached hydrogen (secondary N) is 1. The monoisotopic (exact) mass is 220 g/mol. The lowest BCUT2D eigenvalue weighted by Crippen LogP contribution is -2.40. The Morgan fingerprint density at radius 2 is 2.44 bits per heavy atom. The van der Waals surface area contributed by atoms with Gasteiger partial charge in [-0.15, -0.1) is 0 Å². The maximum atomic E-state index is 5.17. The fourth-order valence-corrected chi connectivity index (χ4v) is 3.12. The average molecular weight is 220 g/mol. The zero-order valence-corrected chi connectivity index (χ0v) is 9.86. The van der Waals surface area contributed by atoms with Crippen LogP contribution < -0.4 is 5.32 Å². The summed E-state index contributed by atoms with van der Waals surface area (Å²) in [4.78, 5) is 2.58. The number of furan rings is 1. The van der Waals surface area contributed by atoms with Crippen LogP contribution in [0.15, 0.2) is 23.0 Å². The third-order valence-corrected chi connectivity index (χ3v) is 4.20. The highest BCUT2D eigenvalue weighted by atomic mass is 16.3. The van der Waals surface area contributed by atoms with Gasteiger partial charge in [0.05, 0.1) is 12.5 Å². The number of hydrogen-bond donors (Lipinski definition) is 1. The molecule has 0 aromatic carbocycles. The molecule has 0 amide bonds. The van der Waals surface area contributed by atoms with Gasteiger partial charge in [0.25, 0.3) is 0 Å². The van der Waals surface area contributed by atoms with E-state index in [1.54, 1.807) is 6.26 Å². The van der Waals surface area contributed by atoms with E-state index in [1.165, 1.54) is 38.0 Å². The van der Waals surface area contributed by atoms with E-state index < -0.39 is 0 Å². The van der Waals surface area contributed by atoms with Crippen LogP contribution in [0.25, 0.3) is 0 Å². The smallest absolute Gasteiger partial charge is 0.0950 e. The van der Waals surface area contributed by atoms with Gasteiger partial charge < -0.3 is 9.73 Å². The van der Waals surface area contributed by atoms with E-state index in [4.69, 9.17) is 4.42 Å². The second kappa shape index (κ2) is 4.22. The third kappa shape index (κ3) is 1.78. The molecule has 1 aromatic rings. The molecule has 0 radical (unpaired) electrons. The predicted octanol–water partition coefficient (Wildman–Crippen LogP) is 2.02. The summed E-state index contributed by atoms with van der Waals surface area (Å²) in [6.07, 6.45) is 6.38. The molecule has 3 rings (SSSR count). The molecule has 1 aromatic heterocycles. The van der Waals surface area contributed by atoms with E-state index in [0.717, 1.165) is 12.0 Å². The molecule has 3 heterocycles. The van der Waals surface area contributed by atoms with Crippen LogP contribution in [0, 0.1) is 5.92 Å². The maximum Gasteiger partial charge on any atom is 0.0950 e. The molecule has 3 nitrogen and oxygen atoms in total. The minimum absolute atomic E-state index is 0.492. The molecule has 0 bridgehead atoms. The molecule has 1 N–H and O–H groups in total. The number of piperidine rings is 1. The van der Waals surface area contributed by atoms with Crippen LogP contribution in [0.4, 0.5) is 0 Å². The Hall–Kier alpha value is -0.800. The molecule has 16 heavy (non-hydrogen) atoms. The Morgan fingerprint density at radius 1 is 1.50 bits per heavy atom. The molecule has 2 aliphatic rings. The first-order valence-electron chi connectivity index (χ1n) is 6.34. The predicted molar refractivity (Wildman–Crippen MR) is 63.2 cm³/mol. The van der Waals surface area contributed by atoms with Crippen LogP contribution in [0.5, 0.6) is 0 Å². The van der Waals surface area contributed by atoms with Gasteiger partial charge in [-0.1, -0.05) is 0 Å². The number of fused-ring (bicyclic) bond motifs is 1. The Kier molecular flexibility index (Phi) is 2.74. The molecule has 0 saturated carbocycles. The number of hydrogen-bond acceptors (Lipinski definition) is 3. The summed E-state index contributed by atoms with van der Waals surface area (Å²) in [7, 11) is 0. The zero-order valence-electron chi connectivity index (χ0n) is 9.86. The standard InChI is InChI=1S/C13H20N2O/c1-10(12-4-6-16-9-12)15-7-11-3-2-5-14-13(11)8-15/h4,6,9-11,13-14H,2-3,5,7-8H2,1H3. The van der Waals surface area contributed by atoms with Crippen LogP contribution in [-0.2, 0) is 0 Å². The van der Waals surface area contributed by atoms with Gasteiger partial charge in [0.2, 0.25) is 0 Å². The fraction of sp³-hybridized carbons (Fsp3) is 0.692. The number of likely N-dealkylation sites (tertiary alicyclic amines) is 1. The molecular weight excluding hydrogens is 200 g/mol. The lowest BCUT2D eigenvalue weighted by atomic mass is 9.94. The van der Waals surface area contributed by atoms with Crippen molar-refractivity contribution in [3.8, 4) is 0 Å². The van der Waals surface area contributed by atoms with Crippen LogP contribution in [0.1, 0.15) is 31.4 Å². The molecule has 2 fully saturated rings. The van der Waals surface area contributed by atoms with E-state index in [9.17, 15) is 0 Å². The van der Waals surface area contributed by atoms with Gasteiger partial charge >= 0.3 is 0 Å². The Labute approximate surface area is 96.8 Å². The highest BCUT2D eigenvalue weighted by Crippen LogP contribution is 2.31. The number of rotatable bonds is 2. The Balaban J connectivity index is 1.68. The van der Waals surface area contributed by atoms with Gasteiger partial charge in [-0.05, 0) is 38.3 Å². The van der Waals surface area contributed by atoms with E-state index in [-0.39, 0.29) is 0 Å². The number of nitrogens with zero attached hydrogens (tertiary/aromatic N) is 1. The van der Waals surface area contributed by atoms with Gasteiger partial charge in [0.15, 0.2) is 0 Å². The van der Waals surface area contributed by atoms with E-state index in [0.29, 0.717) is 6.04 Å². The van der Waals surface area contributed by atoms with Crippen molar-refractivity contribution in [3.63, 3.8) is 0 Å². The first kappa shape index (κ1) is 10.4. The highest BCUT2D eigenvalue weighted by molar-refractivity contribution is 5.12. The average Bonchev–Trinajstić information content (AvgIpc) is 2.97. The van der Waals surface area contributed by atoms with Gasteiger partial charge in [-0.3, -0.25) is 4.90 Å². The van der Waals surface area contributed by atoms with Crippen molar-refractivity contribution in [2.45, 2.75) is 31.8 Å². The van der Waals surface area contributed by atoms with Gasteiger partial charge in [-0.2, -0.15) is 0 Å². The molecule has 3 unspecified atom stereocenters. The van der Waals surface area contributed by atoms with Crippen LogP contribution in [0.2, 0.25) is 0 Å². The summed E-state index contributed by atoms with van der Waals surface area (Å²) in [5.41, 5.74) is 1.30. The van der Waals surface area contributed by atoms with Gasteiger partial charge in [0.1, 0.15) is 0 Å². The van der Waals surface area contributed by atoms with Gasteiger partial charge in [0, 0.05) is 30.7 Å². The maximum absolute atomic E-state index is 5.17.